The summed E-state index contributed by atoms with van der Waals surface area (Å²) in [5.41, 5.74) is 6.68. The number of nitrogens with zero attached hydrogens (tertiary/aromatic N) is 3. The first kappa shape index (κ1) is 15.6. The van der Waals surface area contributed by atoms with Crippen LogP contribution < -0.4 is 10.2 Å². The molecule has 0 aliphatic rings. The van der Waals surface area contributed by atoms with Gasteiger partial charge in [-0.3, -0.25) is 0 Å². The Hall–Kier alpha value is -2.34. The SMILES string of the molecule is Cc1ccccc1COc1ccc(Br)cc1CNn1cnnc1. The first-order valence-corrected chi connectivity index (χ1v) is 8.06. The summed E-state index contributed by atoms with van der Waals surface area (Å²) in [5.74, 6) is 0.858. The monoisotopic (exact) mass is 372 g/mol. The molecule has 1 heterocycles. The van der Waals surface area contributed by atoms with Crippen LogP contribution in [0.15, 0.2) is 59.6 Å². The van der Waals surface area contributed by atoms with Crippen molar-refractivity contribution in [3.63, 3.8) is 0 Å². The van der Waals surface area contributed by atoms with Crippen LogP contribution in [0.25, 0.3) is 0 Å². The number of aryl methyl sites for hydroxylation is 1. The van der Waals surface area contributed by atoms with Crippen LogP contribution in [0, 0.1) is 6.92 Å². The van der Waals surface area contributed by atoms with E-state index >= 15 is 0 Å². The lowest BCUT2D eigenvalue weighted by Crippen LogP contribution is -2.13. The van der Waals surface area contributed by atoms with Crippen LogP contribution in [0.4, 0.5) is 0 Å². The summed E-state index contributed by atoms with van der Waals surface area (Å²) in [4.78, 5) is 0. The van der Waals surface area contributed by atoms with Gasteiger partial charge in [0.2, 0.25) is 0 Å². The van der Waals surface area contributed by atoms with Crippen LogP contribution in [0.1, 0.15) is 16.7 Å². The number of benzene rings is 2. The molecule has 1 N–H and O–H groups in total. The van der Waals surface area contributed by atoms with E-state index in [0.717, 1.165) is 15.8 Å². The normalized spacial score (nSPS) is 10.5. The zero-order valence-electron chi connectivity index (χ0n) is 12.7. The fourth-order valence-electron chi connectivity index (χ4n) is 2.21. The van der Waals surface area contributed by atoms with Gasteiger partial charge >= 0.3 is 0 Å². The molecule has 118 valence electrons. The maximum absolute atomic E-state index is 6.03. The van der Waals surface area contributed by atoms with Crippen molar-refractivity contribution < 1.29 is 4.74 Å². The van der Waals surface area contributed by atoms with Gasteiger partial charge < -0.3 is 10.2 Å². The van der Waals surface area contributed by atoms with Gasteiger partial charge in [-0.15, -0.1) is 10.2 Å². The van der Waals surface area contributed by atoms with Crippen molar-refractivity contribution in [1.29, 1.82) is 0 Å². The highest BCUT2D eigenvalue weighted by Crippen LogP contribution is 2.24. The van der Waals surface area contributed by atoms with E-state index in [-0.39, 0.29) is 0 Å². The number of ether oxygens (including phenoxy) is 1. The first-order chi connectivity index (χ1) is 11.2. The van der Waals surface area contributed by atoms with Crippen molar-refractivity contribution in [3.05, 3.63) is 76.3 Å². The number of halogens is 1. The van der Waals surface area contributed by atoms with E-state index in [1.807, 2.05) is 30.3 Å². The molecule has 0 radical (unpaired) electrons. The highest BCUT2D eigenvalue weighted by atomic mass is 79.9. The Bertz CT molecular complexity index is 774. The molecule has 23 heavy (non-hydrogen) atoms. The largest absolute Gasteiger partial charge is 0.489 e. The standard InChI is InChI=1S/C17H17BrN4O/c1-13-4-2-3-5-14(13)10-23-17-7-6-16(18)8-15(17)9-21-22-11-19-20-12-22/h2-8,11-12,21H,9-10H2,1H3. The van der Waals surface area contributed by atoms with E-state index < -0.39 is 0 Å². The molecule has 5 nitrogen and oxygen atoms in total. The molecule has 0 bridgehead atoms. The summed E-state index contributed by atoms with van der Waals surface area (Å²) in [5, 5.41) is 7.54. The van der Waals surface area contributed by atoms with Gasteiger partial charge in [0.05, 0.1) is 6.54 Å². The molecule has 0 atom stereocenters. The third kappa shape index (κ3) is 4.10. The van der Waals surface area contributed by atoms with Crippen LogP contribution in [-0.2, 0) is 13.2 Å². The summed E-state index contributed by atoms with van der Waals surface area (Å²) in [6.45, 7) is 3.25. The number of hydrogen-bond donors (Lipinski definition) is 1. The number of aromatic nitrogens is 3. The zero-order valence-corrected chi connectivity index (χ0v) is 14.3. The molecule has 0 fully saturated rings. The Morgan fingerprint density at radius 2 is 1.87 bits per heavy atom. The molecule has 0 unspecified atom stereocenters. The highest BCUT2D eigenvalue weighted by Gasteiger charge is 2.06. The van der Waals surface area contributed by atoms with Crippen LogP contribution in [0.2, 0.25) is 0 Å². The summed E-state index contributed by atoms with van der Waals surface area (Å²) in [6.07, 6.45) is 3.23. The van der Waals surface area contributed by atoms with Crippen molar-refractivity contribution in [2.45, 2.75) is 20.1 Å². The molecule has 6 heteroatoms. The van der Waals surface area contributed by atoms with E-state index in [0.29, 0.717) is 13.2 Å². The van der Waals surface area contributed by atoms with Crippen molar-refractivity contribution in [3.8, 4) is 5.75 Å². The second-order valence-electron chi connectivity index (χ2n) is 5.17. The fraction of sp³-hybridized carbons (Fsp3) is 0.176. The fourth-order valence-corrected chi connectivity index (χ4v) is 2.62. The van der Waals surface area contributed by atoms with Crippen LogP contribution in [-0.4, -0.2) is 14.9 Å². The number of hydrogen-bond acceptors (Lipinski definition) is 4. The predicted molar refractivity (Wildman–Crippen MR) is 92.7 cm³/mol. The lowest BCUT2D eigenvalue weighted by atomic mass is 10.1. The van der Waals surface area contributed by atoms with Gasteiger partial charge in [0.25, 0.3) is 0 Å². The van der Waals surface area contributed by atoms with Gasteiger partial charge in [0.1, 0.15) is 25.0 Å². The zero-order chi connectivity index (χ0) is 16.1. The maximum atomic E-state index is 6.03. The van der Waals surface area contributed by atoms with Gasteiger partial charge in [-0.2, -0.15) is 0 Å². The quantitative estimate of drug-likeness (QED) is 0.716. The minimum Gasteiger partial charge on any atom is -0.489 e. The van der Waals surface area contributed by atoms with Crippen molar-refractivity contribution in [2.24, 2.45) is 0 Å². The smallest absolute Gasteiger partial charge is 0.138 e. The molecule has 3 rings (SSSR count). The van der Waals surface area contributed by atoms with Crippen molar-refractivity contribution >= 4 is 15.9 Å². The average molecular weight is 373 g/mol. The Morgan fingerprint density at radius 1 is 1.09 bits per heavy atom. The van der Waals surface area contributed by atoms with Gasteiger partial charge in [0.15, 0.2) is 0 Å². The highest BCUT2D eigenvalue weighted by molar-refractivity contribution is 9.10. The van der Waals surface area contributed by atoms with E-state index in [1.54, 1.807) is 17.3 Å². The third-order valence-electron chi connectivity index (χ3n) is 3.54. The third-order valence-corrected chi connectivity index (χ3v) is 4.03. The van der Waals surface area contributed by atoms with Gasteiger partial charge in [-0.05, 0) is 36.2 Å². The second-order valence-corrected chi connectivity index (χ2v) is 6.09. The van der Waals surface area contributed by atoms with Gasteiger partial charge in [0, 0.05) is 10.0 Å². The lowest BCUT2D eigenvalue weighted by molar-refractivity contribution is 0.302. The Balaban J connectivity index is 1.72. The minimum absolute atomic E-state index is 0.550. The second kappa shape index (κ2) is 7.28. The molecule has 1 aromatic heterocycles. The predicted octanol–water partition coefficient (Wildman–Crippen LogP) is 3.67. The molecular weight excluding hydrogens is 356 g/mol. The first-order valence-electron chi connectivity index (χ1n) is 7.26. The molecular formula is C17H17BrN4O. The number of rotatable bonds is 6. The van der Waals surface area contributed by atoms with Crippen molar-refractivity contribution in [2.75, 3.05) is 5.43 Å². The molecule has 0 spiro atoms. The molecule has 3 aromatic rings. The van der Waals surface area contributed by atoms with Crippen LogP contribution >= 0.6 is 15.9 Å². The summed E-state index contributed by atoms with van der Waals surface area (Å²) >= 11 is 3.51. The van der Waals surface area contributed by atoms with E-state index in [1.165, 1.54) is 11.1 Å². The number of nitrogens with one attached hydrogen (secondary N) is 1. The summed E-state index contributed by atoms with van der Waals surface area (Å²) in [7, 11) is 0. The lowest BCUT2D eigenvalue weighted by Gasteiger charge is -2.14. The topological polar surface area (TPSA) is 52.0 Å². The molecule has 0 saturated heterocycles. The van der Waals surface area contributed by atoms with E-state index in [9.17, 15) is 0 Å². The van der Waals surface area contributed by atoms with E-state index in [2.05, 4.69) is 50.6 Å². The maximum Gasteiger partial charge on any atom is 0.138 e. The summed E-state index contributed by atoms with van der Waals surface area (Å²) < 4.78 is 8.76. The van der Waals surface area contributed by atoms with E-state index in [4.69, 9.17) is 4.74 Å². The Morgan fingerprint density at radius 3 is 2.65 bits per heavy atom. The molecule has 0 saturated carbocycles. The van der Waals surface area contributed by atoms with Gasteiger partial charge in [-0.1, -0.05) is 40.2 Å². The summed E-state index contributed by atoms with van der Waals surface area (Å²) in [6, 6.07) is 14.2. The minimum atomic E-state index is 0.550. The van der Waals surface area contributed by atoms with Crippen LogP contribution in [0.5, 0.6) is 5.75 Å². The van der Waals surface area contributed by atoms with Crippen molar-refractivity contribution in [1.82, 2.24) is 14.9 Å². The molecule has 0 amide bonds. The Kier molecular flexibility index (Phi) is 4.92. The average Bonchev–Trinajstić information content (AvgIpc) is 3.07. The molecule has 2 aromatic carbocycles. The molecule has 0 aliphatic heterocycles. The van der Waals surface area contributed by atoms with Crippen LogP contribution in [0.3, 0.4) is 0 Å². The molecule has 0 aliphatic carbocycles. The Labute approximate surface area is 143 Å². The van der Waals surface area contributed by atoms with Gasteiger partial charge in [-0.25, -0.2) is 4.68 Å².